The Labute approximate surface area is 139 Å². The summed E-state index contributed by atoms with van der Waals surface area (Å²) < 4.78 is 58.9. The molecule has 1 aromatic carbocycles. The smallest absolute Gasteiger partial charge is 0.324 e. The summed E-state index contributed by atoms with van der Waals surface area (Å²) >= 11 is 0. The number of carbonyl (C=O) groups excluding carboxylic acids is 1. The highest BCUT2D eigenvalue weighted by Crippen LogP contribution is 2.43. The molecule has 1 heterocycles. The number of esters is 1. The van der Waals surface area contributed by atoms with Crippen LogP contribution in [-0.4, -0.2) is 37.9 Å². The first kappa shape index (κ1) is 17.3. The molecule has 1 saturated carbocycles. The standard InChI is InChI=1S/C16H19F2NO4S/c1-23-16(20)15-6-10-4-2-3-5-14(10)19(15)24(21,22)13-8-11(17)7-12(18)9-13/h7-10,14-15H,2-6H2,1H3/t10-,14+,15-/m0/s1. The number of sulfonamides is 1. The van der Waals surface area contributed by atoms with E-state index < -0.39 is 38.6 Å². The Hall–Kier alpha value is -1.54. The molecule has 0 spiro atoms. The minimum absolute atomic E-state index is 0.0658. The SMILES string of the molecule is COC(=O)[C@@H]1C[C@@H]2CCCC[C@H]2N1S(=O)(=O)c1cc(F)cc(F)c1. The van der Waals surface area contributed by atoms with Crippen LogP contribution in [0.3, 0.4) is 0 Å². The van der Waals surface area contributed by atoms with Crippen molar-refractivity contribution in [2.24, 2.45) is 5.92 Å². The van der Waals surface area contributed by atoms with Gasteiger partial charge in [-0.1, -0.05) is 12.8 Å². The lowest BCUT2D eigenvalue weighted by molar-refractivity contribution is -0.144. The number of fused-ring (bicyclic) bond motifs is 1. The molecule has 8 heteroatoms. The van der Waals surface area contributed by atoms with Gasteiger partial charge in [-0.05, 0) is 37.3 Å². The summed E-state index contributed by atoms with van der Waals surface area (Å²) in [5.41, 5.74) is 0. The van der Waals surface area contributed by atoms with Crippen molar-refractivity contribution in [2.45, 2.75) is 49.1 Å². The van der Waals surface area contributed by atoms with Crippen molar-refractivity contribution in [1.29, 1.82) is 0 Å². The molecule has 1 aromatic rings. The molecule has 3 rings (SSSR count). The molecule has 0 bridgehead atoms. The number of ether oxygens (including phenoxy) is 1. The van der Waals surface area contributed by atoms with Gasteiger partial charge >= 0.3 is 5.97 Å². The molecule has 1 aliphatic heterocycles. The van der Waals surface area contributed by atoms with Gasteiger partial charge in [-0.15, -0.1) is 0 Å². The van der Waals surface area contributed by atoms with Crippen LogP contribution in [0.1, 0.15) is 32.1 Å². The van der Waals surface area contributed by atoms with E-state index in [0.29, 0.717) is 18.9 Å². The Balaban J connectivity index is 2.06. The topological polar surface area (TPSA) is 63.7 Å². The molecule has 0 unspecified atom stereocenters. The largest absolute Gasteiger partial charge is 0.468 e. The number of halogens is 2. The summed E-state index contributed by atoms with van der Waals surface area (Å²) in [6.45, 7) is 0. The first-order valence-corrected chi connectivity index (χ1v) is 9.36. The van der Waals surface area contributed by atoms with Gasteiger partial charge in [-0.2, -0.15) is 4.31 Å². The van der Waals surface area contributed by atoms with Gasteiger partial charge in [-0.25, -0.2) is 17.2 Å². The summed E-state index contributed by atoms with van der Waals surface area (Å²) in [5.74, 6) is -2.51. The predicted octanol–water partition coefficient (Wildman–Crippen LogP) is 2.46. The van der Waals surface area contributed by atoms with Gasteiger partial charge in [0.2, 0.25) is 10.0 Å². The third-order valence-electron chi connectivity index (χ3n) is 4.91. The molecule has 0 N–H and O–H groups in total. The third kappa shape index (κ3) is 2.93. The maximum absolute atomic E-state index is 13.5. The monoisotopic (exact) mass is 359 g/mol. The third-order valence-corrected chi connectivity index (χ3v) is 6.83. The first-order chi connectivity index (χ1) is 11.3. The molecule has 132 valence electrons. The van der Waals surface area contributed by atoms with Crippen LogP contribution in [0.15, 0.2) is 23.1 Å². The van der Waals surface area contributed by atoms with Crippen molar-refractivity contribution in [3.05, 3.63) is 29.8 Å². The van der Waals surface area contributed by atoms with Crippen LogP contribution in [-0.2, 0) is 19.6 Å². The molecule has 1 saturated heterocycles. The lowest BCUT2D eigenvalue weighted by Gasteiger charge is -2.32. The van der Waals surface area contributed by atoms with Gasteiger partial charge in [0.25, 0.3) is 0 Å². The normalized spacial score (nSPS) is 27.7. The summed E-state index contributed by atoms with van der Waals surface area (Å²) in [6, 6.07) is 0.898. The van der Waals surface area contributed by atoms with Gasteiger partial charge in [0.05, 0.1) is 12.0 Å². The second kappa shape index (κ2) is 6.40. The zero-order chi connectivity index (χ0) is 17.5. The van der Waals surface area contributed by atoms with Crippen LogP contribution >= 0.6 is 0 Å². The molecular weight excluding hydrogens is 340 g/mol. The van der Waals surface area contributed by atoms with E-state index in [1.807, 2.05) is 0 Å². The fourth-order valence-electron chi connectivity index (χ4n) is 3.90. The van der Waals surface area contributed by atoms with Crippen molar-refractivity contribution < 1.29 is 26.7 Å². The average Bonchev–Trinajstić information content (AvgIpc) is 2.93. The molecule has 3 atom stereocenters. The lowest BCUT2D eigenvalue weighted by Crippen LogP contribution is -2.46. The van der Waals surface area contributed by atoms with Gasteiger partial charge in [0, 0.05) is 12.1 Å². The molecular formula is C16H19F2NO4S. The number of rotatable bonds is 3. The Morgan fingerprint density at radius 3 is 2.42 bits per heavy atom. The van der Waals surface area contributed by atoms with Crippen LogP contribution in [0.4, 0.5) is 8.78 Å². The van der Waals surface area contributed by atoms with Crippen LogP contribution in [0.25, 0.3) is 0 Å². The molecule has 5 nitrogen and oxygen atoms in total. The second-order valence-electron chi connectivity index (χ2n) is 6.33. The lowest BCUT2D eigenvalue weighted by atomic mass is 9.85. The maximum Gasteiger partial charge on any atom is 0.324 e. The molecule has 0 amide bonds. The van der Waals surface area contributed by atoms with Crippen molar-refractivity contribution in [2.75, 3.05) is 7.11 Å². The van der Waals surface area contributed by atoms with Crippen LogP contribution in [0.5, 0.6) is 0 Å². The van der Waals surface area contributed by atoms with E-state index in [0.717, 1.165) is 35.7 Å². The zero-order valence-electron chi connectivity index (χ0n) is 13.2. The highest BCUT2D eigenvalue weighted by molar-refractivity contribution is 7.89. The van der Waals surface area contributed by atoms with E-state index in [2.05, 4.69) is 0 Å². The van der Waals surface area contributed by atoms with Crippen molar-refractivity contribution in [3.8, 4) is 0 Å². The molecule has 1 aliphatic carbocycles. The van der Waals surface area contributed by atoms with Crippen LogP contribution in [0.2, 0.25) is 0 Å². The predicted molar refractivity (Wildman–Crippen MR) is 81.5 cm³/mol. The van der Waals surface area contributed by atoms with Crippen molar-refractivity contribution in [1.82, 2.24) is 4.31 Å². The quantitative estimate of drug-likeness (QED) is 0.778. The van der Waals surface area contributed by atoms with E-state index in [1.165, 1.54) is 7.11 Å². The fraction of sp³-hybridized carbons (Fsp3) is 0.562. The van der Waals surface area contributed by atoms with Crippen LogP contribution in [0, 0.1) is 17.6 Å². The first-order valence-electron chi connectivity index (χ1n) is 7.92. The van der Waals surface area contributed by atoms with E-state index in [1.54, 1.807) is 0 Å². The van der Waals surface area contributed by atoms with Gasteiger partial charge in [0.15, 0.2) is 0 Å². The Morgan fingerprint density at radius 1 is 1.17 bits per heavy atom. The zero-order valence-corrected chi connectivity index (χ0v) is 14.1. The highest BCUT2D eigenvalue weighted by Gasteiger charge is 2.51. The highest BCUT2D eigenvalue weighted by atomic mass is 32.2. The second-order valence-corrected chi connectivity index (χ2v) is 8.17. The van der Waals surface area contributed by atoms with E-state index in [-0.39, 0.29) is 12.0 Å². The average molecular weight is 359 g/mol. The molecule has 24 heavy (non-hydrogen) atoms. The van der Waals surface area contributed by atoms with Crippen molar-refractivity contribution >= 4 is 16.0 Å². The van der Waals surface area contributed by atoms with Gasteiger partial charge < -0.3 is 4.74 Å². The molecule has 0 aromatic heterocycles. The van der Waals surface area contributed by atoms with Crippen molar-refractivity contribution in [3.63, 3.8) is 0 Å². The van der Waals surface area contributed by atoms with E-state index >= 15 is 0 Å². The minimum Gasteiger partial charge on any atom is -0.468 e. The summed E-state index contributed by atoms with van der Waals surface area (Å²) in [4.78, 5) is 11.6. The summed E-state index contributed by atoms with van der Waals surface area (Å²) in [6.07, 6.45) is 3.70. The number of hydrogen-bond donors (Lipinski definition) is 0. The fourth-order valence-corrected chi connectivity index (χ4v) is 5.81. The number of carbonyl (C=O) groups is 1. The van der Waals surface area contributed by atoms with Gasteiger partial charge in [-0.3, -0.25) is 4.79 Å². The van der Waals surface area contributed by atoms with Crippen LogP contribution < -0.4 is 0 Å². The van der Waals surface area contributed by atoms with E-state index in [9.17, 15) is 22.0 Å². The Kier molecular flexibility index (Phi) is 4.61. The van der Waals surface area contributed by atoms with E-state index in [4.69, 9.17) is 4.74 Å². The number of methoxy groups -OCH3 is 1. The molecule has 2 fully saturated rings. The minimum atomic E-state index is -4.21. The molecule has 0 radical (unpaired) electrons. The number of nitrogens with zero attached hydrogens (tertiary/aromatic N) is 1. The Morgan fingerprint density at radius 2 is 1.79 bits per heavy atom. The number of benzene rings is 1. The summed E-state index contributed by atoms with van der Waals surface area (Å²) in [7, 11) is -3.00. The maximum atomic E-state index is 13.5. The number of hydrogen-bond acceptors (Lipinski definition) is 4. The summed E-state index contributed by atoms with van der Waals surface area (Å²) in [5, 5.41) is 0. The Bertz CT molecular complexity index is 732. The molecule has 2 aliphatic rings. The van der Waals surface area contributed by atoms with Gasteiger partial charge in [0.1, 0.15) is 17.7 Å².